The van der Waals surface area contributed by atoms with Gasteiger partial charge in [-0.1, -0.05) is 52.3 Å². The molecule has 4 heteroatoms. The maximum atomic E-state index is 5.84. The van der Waals surface area contributed by atoms with E-state index in [-0.39, 0.29) is 0 Å². The molecule has 2 aromatic carbocycles. The summed E-state index contributed by atoms with van der Waals surface area (Å²) < 4.78 is 7.04. The van der Waals surface area contributed by atoms with Gasteiger partial charge < -0.3 is 4.74 Å². The van der Waals surface area contributed by atoms with E-state index in [4.69, 9.17) is 4.74 Å². The number of hydrogen-bond donors (Lipinski definition) is 0. The van der Waals surface area contributed by atoms with Gasteiger partial charge in [-0.25, -0.2) is 4.98 Å². The Morgan fingerprint density at radius 2 is 1.71 bits per heavy atom. The Hall–Kier alpha value is -1.65. The first-order chi connectivity index (χ1) is 11.7. The lowest BCUT2D eigenvalue weighted by Crippen LogP contribution is -1.95. The summed E-state index contributed by atoms with van der Waals surface area (Å²) in [5, 5.41) is 1.97. The van der Waals surface area contributed by atoms with Gasteiger partial charge in [0.25, 0.3) is 0 Å². The molecule has 0 bridgehead atoms. The Morgan fingerprint density at radius 1 is 1.04 bits per heavy atom. The Bertz CT molecular complexity index is 789. The highest BCUT2D eigenvalue weighted by Crippen LogP contribution is 2.26. The average Bonchev–Trinajstić information content (AvgIpc) is 3.00. The summed E-state index contributed by atoms with van der Waals surface area (Å²) in [4.78, 5) is 4.48. The maximum Gasteiger partial charge on any atom is 0.122 e. The molecule has 0 radical (unpaired) electrons. The number of halogens is 1. The molecule has 1 aromatic heterocycles. The van der Waals surface area contributed by atoms with E-state index in [0.717, 1.165) is 21.6 Å². The molecule has 0 atom stereocenters. The van der Waals surface area contributed by atoms with Crippen LogP contribution < -0.4 is 4.74 Å². The van der Waals surface area contributed by atoms with Crippen molar-refractivity contribution in [1.29, 1.82) is 0 Å². The van der Waals surface area contributed by atoms with Crippen LogP contribution in [0.2, 0.25) is 0 Å². The zero-order chi connectivity index (χ0) is 17.4. The second kappa shape index (κ2) is 9.60. The molecule has 0 spiro atoms. The minimum absolute atomic E-state index is 0.581. The van der Waals surface area contributed by atoms with Crippen molar-refractivity contribution in [2.75, 3.05) is 0 Å². The first-order valence-corrected chi connectivity index (χ1v) is 9.81. The van der Waals surface area contributed by atoms with Crippen LogP contribution in [-0.2, 0) is 11.9 Å². The molecule has 24 heavy (non-hydrogen) atoms. The Labute approximate surface area is 156 Å². The van der Waals surface area contributed by atoms with Crippen molar-refractivity contribution < 1.29 is 4.74 Å². The topological polar surface area (TPSA) is 22.1 Å². The number of fused-ring (bicyclic) bond motifs is 1. The largest absolute Gasteiger partial charge is 0.489 e. The zero-order valence-electron chi connectivity index (χ0n) is 14.3. The molecule has 126 valence electrons. The van der Waals surface area contributed by atoms with E-state index in [9.17, 15) is 0 Å². The quantitative estimate of drug-likeness (QED) is 0.358. The average molecular weight is 404 g/mol. The molecule has 0 saturated heterocycles. The lowest BCUT2D eigenvalue weighted by Gasteiger charge is -2.06. The number of aromatic nitrogens is 1. The van der Waals surface area contributed by atoms with Crippen molar-refractivity contribution in [2.24, 2.45) is 0 Å². The molecule has 2 nitrogen and oxygen atoms in total. The van der Waals surface area contributed by atoms with Crippen LogP contribution in [0, 0.1) is 6.92 Å². The number of benzene rings is 2. The van der Waals surface area contributed by atoms with Crippen molar-refractivity contribution in [3.63, 3.8) is 0 Å². The number of thiazole rings is 1. The van der Waals surface area contributed by atoms with Crippen LogP contribution >= 0.6 is 27.3 Å². The maximum absolute atomic E-state index is 5.84. The van der Waals surface area contributed by atoms with Crippen molar-refractivity contribution in [3.8, 4) is 5.75 Å². The lowest BCUT2D eigenvalue weighted by atomic mass is 10.2. The number of ether oxygens (including phenoxy) is 1. The normalized spacial score (nSPS) is 10.7. The number of allylic oxidation sites excluding steroid dienone is 2. The third-order valence-corrected chi connectivity index (χ3v) is 4.98. The van der Waals surface area contributed by atoms with Gasteiger partial charge in [0.2, 0.25) is 0 Å². The van der Waals surface area contributed by atoms with E-state index in [1.807, 2.05) is 45.1 Å². The molecule has 3 aromatic rings. The molecule has 1 heterocycles. The summed E-state index contributed by atoms with van der Waals surface area (Å²) >= 11 is 5.15. The van der Waals surface area contributed by atoms with Gasteiger partial charge >= 0.3 is 0 Å². The van der Waals surface area contributed by atoms with Crippen molar-refractivity contribution in [1.82, 2.24) is 4.98 Å². The number of hydrogen-bond acceptors (Lipinski definition) is 3. The van der Waals surface area contributed by atoms with Crippen LogP contribution in [0.5, 0.6) is 5.75 Å². The molecule has 0 aliphatic rings. The predicted octanol–water partition coefficient (Wildman–Crippen LogP) is 6.66. The summed E-state index contributed by atoms with van der Waals surface area (Å²) in [6.45, 7) is 6.60. The fourth-order valence-electron chi connectivity index (χ4n) is 2.00. The minimum atomic E-state index is 0.581. The number of nitrogens with zero attached hydrogens (tertiary/aromatic N) is 1. The number of alkyl halides is 1. The monoisotopic (exact) mass is 403 g/mol. The highest BCUT2D eigenvalue weighted by atomic mass is 79.9. The highest BCUT2D eigenvalue weighted by molar-refractivity contribution is 9.08. The van der Waals surface area contributed by atoms with Gasteiger partial charge in [0.05, 0.1) is 15.2 Å². The summed E-state index contributed by atoms with van der Waals surface area (Å²) in [6, 6.07) is 14.5. The molecule has 0 aliphatic carbocycles. The van der Waals surface area contributed by atoms with Crippen LogP contribution in [0.1, 0.15) is 30.0 Å². The van der Waals surface area contributed by atoms with Crippen LogP contribution in [0.3, 0.4) is 0 Å². The first-order valence-electron chi connectivity index (χ1n) is 7.87. The first kappa shape index (κ1) is 18.7. The molecule has 0 unspecified atom stereocenters. The molecular weight excluding hydrogens is 382 g/mol. The fraction of sp³-hybridized carbons (Fsp3) is 0.250. The molecule has 0 amide bonds. The van der Waals surface area contributed by atoms with Crippen LogP contribution in [0.15, 0.2) is 54.6 Å². The molecule has 0 N–H and O–H groups in total. The van der Waals surface area contributed by atoms with Crippen molar-refractivity contribution in [3.05, 3.63) is 70.8 Å². The van der Waals surface area contributed by atoms with Gasteiger partial charge in [-0.3, -0.25) is 0 Å². The number of rotatable bonds is 4. The second-order valence-corrected chi connectivity index (χ2v) is 7.06. The van der Waals surface area contributed by atoms with Crippen molar-refractivity contribution >= 4 is 37.5 Å². The smallest absolute Gasteiger partial charge is 0.122 e. The Kier molecular flexibility index (Phi) is 7.47. The van der Waals surface area contributed by atoms with Crippen LogP contribution in [0.25, 0.3) is 10.2 Å². The van der Waals surface area contributed by atoms with Crippen LogP contribution in [0.4, 0.5) is 0 Å². The number of aryl methyl sites for hydroxylation is 1. The van der Waals surface area contributed by atoms with Gasteiger partial charge in [0.15, 0.2) is 0 Å². The molecule has 3 rings (SSSR count). The molecule has 0 fully saturated rings. The van der Waals surface area contributed by atoms with E-state index in [2.05, 4.69) is 51.2 Å². The molecule has 0 aliphatic heterocycles. The van der Waals surface area contributed by atoms with Crippen molar-refractivity contribution in [2.45, 2.75) is 32.7 Å². The van der Waals surface area contributed by atoms with E-state index < -0.39 is 0 Å². The van der Waals surface area contributed by atoms with E-state index in [1.165, 1.54) is 15.8 Å². The summed E-state index contributed by atoms with van der Waals surface area (Å²) in [6.07, 6.45) is 4.00. The Balaban J connectivity index is 0.000000471. The van der Waals surface area contributed by atoms with Crippen LogP contribution in [-0.4, -0.2) is 4.98 Å². The zero-order valence-corrected chi connectivity index (χ0v) is 16.7. The SMILES string of the molecule is C/C=C\C.Cc1nc2cc(OCc3ccc(CBr)cc3)ccc2s1. The summed E-state index contributed by atoms with van der Waals surface area (Å²) in [5.41, 5.74) is 3.46. The van der Waals surface area contributed by atoms with Gasteiger partial charge in [-0.15, -0.1) is 11.3 Å². The minimum Gasteiger partial charge on any atom is -0.489 e. The van der Waals surface area contributed by atoms with E-state index in [1.54, 1.807) is 11.3 Å². The molecular formula is C20H22BrNOS. The van der Waals surface area contributed by atoms with Gasteiger partial charge in [-0.2, -0.15) is 0 Å². The third kappa shape index (κ3) is 5.46. The van der Waals surface area contributed by atoms with Gasteiger partial charge in [0, 0.05) is 11.4 Å². The van der Waals surface area contributed by atoms with E-state index >= 15 is 0 Å². The summed E-state index contributed by atoms with van der Waals surface area (Å²) in [7, 11) is 0. The Morgan fingerprint density at radius 3 is 2.33 bits per heavy atom. The highest BCUT2D eigenvalue weighted by Gasteiger charge is 2.03. The van der Waals surface area contributed by atoms with Gasteiger partial charge in [0.1, 0.15) is 12.4 Å². The standard InChI is InChI=1S/C16H14BrNOS.C4H8/c1-11-18-15-8-14(6-7-16(15)20-11)19-10-13-4-2-12(9-17)3-5-13;1-3-4-2/h2-8H,9-10H2,1H3;3-4H,1-2H3/b;4-3-. The predicted molar refractivity (Wildman–Crippen MR) is 108 cm³/mol. The molecule has 0 saturated carbocycles. The summed E-state index contributed by atoms with van der Waals surface area (Å²) in [5.74, 6) is 0.868. The van der Waals surface area contributed by atoms with E-state index in [0.29, 0.717) is 6.61 Å². The fourth-order valence-corrected chi connectivity index (χ4v) is 3.18. The third-order valence-electron chi connectivity index (χ3n) is 3.38. The van der Waals surface area contributed by atoms with Gasteiger partial charge in [-0.05, 0) is 44.0 Å². The second-order valence-electron chi connectivity index (χ2n) is 5.27. The lowest BCUT2D eigenvalue weighted by molar-refractivity contribution is 0.306.